The molecule has 0 bridgehead atoms. The Labute approximate surface area is 171 Å². The van der Waals surface area contributed by atoms with Crippen molar-refractivity contribution in [2.24, 2.45) is 0 Å². The van der Waals surface area contributed by atoms with Crippen LogP contribution >= 0.6 is 0 Å². The van der Waals surface area contributed by atoms with E-state index >= 15 is 0 Å². The van der Waals surface area contributed by atoms with Crippen LogP contribution in [-0.2, 0) is 11.3 Å². The zero-order valence-corrected chi connectivity index (χ0v) is 16.9. The van der Waals surface area contributed by atoms with Gasteiger partial charge in [0, 0.05) is 58.2 Å². The molecule has 2 aromatic heterocycles. The van der Waals surface area contributed by atoms with E-state index in [1.165, 1.54) is 0 Å². The normalized spacial score (nSPS) is 18.0. The molecule has 0 saturated carbocycles. The van der Waals surface area contributed by atoms with Gasteiger partial charge >= 0.3 is 0 Å². The highest BCUT2D eigenvalue weighted by molar-refractivity contribution is 5.98. The summed E-state index contributed by atoms with van der Waals surface area (Å²) in [6.45, 7) is 7.32. The van der Waals surface area contributed by atoms with Crippen LogP contribution in [0.4, 0.5) is 11.6 Å². The zero-order chi connectivity index (χ0) is 20.1. The Morgan fingerprint density at radius 2 is 1.83 bits per heavy atom. The first-order chi connectivity index (χ1) is 14.2. The number of carbonyl (C=O) groups is 1. The first kappa shape index (κ1) is 19.6. The van der Waals surface area contributed by atoms with Crippen molar-refractivity contribution in [2.45, 2.75) is 6.54 Å². The number of carbonyl (C=O) groups excluding carboxylic acids is 1. The standard InChI is InChI=1S/C21H28N6O2/c1-25-7-9-26(10-8-25)19-5-4-17(15-23-19)16-24-21(28)18-3-2-6-22-20(18)27-11-13-29-14-12-27/h2-6,15H,7-14,16H2,1H3,(H,24,28). The molecule has 29 heavy (non-hydrogen) atoms. The number of nitrogens with zero attached hydrogens (tertiary/aromatic N) is 5. The third-order valence-electron chi connectivity index (χ3n) is 5.43. The van der Waals surface area contributed by atoms with Crippen molar-refractivity contribution < 1.29 is 9.53 Å². The molecule has 0 unspecified atom stereocenters. The summed E-state index contributed by atoms with van der Waals surface area (Å²) >= 11 is 0. The number of piperazine rings is 1. The summed E-state index contributed by atoms with van der Waals surface area (Å²) in [4.78, 5) is 28.5. The summed E-state index contributed by atoms with van der Waals surface area (Å²) < 4.78 is 5.40. The van der Waals surface area contributed by atoms with Crippen molar-refractivity contribution in [3.8, 4) is 0 Å². The van der Waals surface area contributed by atoms with Crippen molar-refractivity contribution in [3.05, 3.63) is 47.8 Å². The summed E-state index contributed by atoms with van der Waals surface area (Å²) in [5.41, 5.74) is 1.57. The van der Waals surface area contributed by atoms with Crippen LogP contribution in [0.25, 0.3) is 0 Å². The van der Waals surface area contributed by atoms with Gasteiger partial charge in [-0.05, 0) is 30.8 Å². The number of likely N-dealkylation sites (N-methyl/N-ethyl adjacent to an activating group) is 1. The Morgan fingerprint density at radius 3 is 2.55 bits per heavy atom. The Hall–Kier alpha value is -2.71. The molecular weight excluding hydrogens is 368 g/mol. The average Bonchev–Trinajstić information content (AvgIpc) is 2.79. The van der Waals surface area contributed by atoms with Gasteiger partial charge in [-0.3, -0.25) is 4.79 Å². The number of aromatic nitrogens is 2. The summed E-state index contributed by atoms with van der Waals surface area (Å²) in [6.07, 6.45) is 3.57. The summed E-state index contributed by atoms with van der Waals surface area (Å²) in [5.74, 6) is 1.59. The molecular formula is C21H28N6O2. The SMILES string of the molecule is CN1CCN(c2ccc(CNC(=O)c3cccnc3N3CCOCC3)cn2)CC1. The second-order valence-electron chi connectivity index (χ2n) is 7.47. The van der Waals surface area contributed by atoms with E-state index in [-0.39, 0.29) is 5.91 Å². The smallest absolute Gasteiger partial charge is 0.255 e. The van der Waals surface area contributed by atoms with Crippen molar-refractivity contribution in [3.63, 3.8) is 0 Å². The minimum Gasteiger partial charge on any atom is -0.378 e. The lowest BCUT2D eigenvalue weighted by Crippen LogP contribution is -2.44. The van der Waals surface area contributed by atoms with Crippen LogP contribution in [-0.4, -0.2) is 80.3 Å². The minimum atomic E-state index is -0.122. The van der Waals surface area contributed by atoms with Crippen LogP contribution < -0.4 is 15.1 Å². The fourth-order valence-corrected chi connectivity index (χ4v) is 3.62. The van der Waals surface area contributed by atoms with Crippen molar-refractivity contribution >= 4 is 17.5 Å². The summed E-state index contributed by atoms with van der Waals surface area (Å²) in [6, 6.07) is 7.69. The summed E-state index contributed by atoms with van der Waals surface area (Å²) in [7, 11) is 2.14. The average molecular weight is 396 g/mol. The van der Waals surface area contributed by atoms with Crippen molar-refractivity contribution in [1.29, 1.82) is 0 Å². The Kier molecular flexibility index (Phi) is 6.21. The number of amides is 1. The predicted octanol–water partition coefficient (Wildman–Crippen LogP) is 0.995. The monoisotopic (exact) mass is 396 g/mol. The maximum absolute atomic E-state index is 12.8. The van der Waals surface area contributed by atoms with Gasteiger partial charge in [-0.25, -0.2) is 9.97 Å². The van der Waals surface area contributed by atoms with Gasteiger partial charge in [-0.1, -0.05) is 6.07 Å². The fourth-order valence-electron chi connectivity index (χ4n) is 3.62. The lowest BCUT2D eigenvalue weighted by molar-refractivity contribution is 0.0949. The first-order valence-electron chi connectivity index (χ1n) is 10.1. The summed E-state index contributed by atoms with van der Waals surface area (Å²) in [5, 5.41) is 3.00. The highest BCUT2D eigenvalue weighted by Gasteiger charge is 2.20. The molecule has 4 heterocycles. The quantitative estimate of drug-likeness (QED) is 0.808. The van der Waals surface area contributed by atoms with Gasteiger partial charge in [-0.15, -0.1) is 0 Å². The molecule has 1 N–H and O–H groups in total. The number of anilines is 2. The van der Waals surface area contributed by atoms with Crippen LogP contribution in [0.5, 0.6) is 0 Å². The molecule has 0 radical (unpaired) electrons. The van der Waals surface area contributed by atoms with Gasteiger partial charge in [0.1, 0.15) is 11.6 Å². The maximum Gasteiger partial charge on any atom is 0.255 e. The topological polar surface area (TPSA) is 73.8 Å². The fraction of sp³-hybridized carbons (Fsp3) is 0.476. The number of pyridine rings is 2. The van der Waals surface area contributed by atoms with Crippen LogP contribution in [0.3, 0.4) is 0 Å². The number of hydrogen-bond acceptors (Lipinski definition) is 7. The molecule has 1 amide bonds. The molecule has 8 nitrogen and oxygen atoms in total. The first-order valence-corrected chi connectivity index (χ1v) is 10.1. The molecule has 154 valence electrons. The second kappa shape index (κ2) is 9.19. The predicted molar refractivity (Wildman–Crippen MR) is 112 cm³/mol. The number of ether oxygens (including phenoxy) is 1. The number of nitrogens with one attached hydrogen (secondary N) is 1. The molecule has 4 rings (SSSR count). The Bertz CT molecular complexity index is 814. The Balaban J connectivity index is 1.36. The van der Waals surface area contributed by atoms with E-state index < -0.39 is 0 Å². The van der Waals surface area contributed by atoms with Gasteiger partial charge in [0.25, 0.3) is 5.91 Å². The molecule has 2 aromatic rings. The molecule has 8 heteroatoms. The molecule has 2 saturated heterocycles. The van der Waals surface area contributed by atoms with E-state index in [2.05, 4.69) is 37.0 Å². The molecule has 0 spiro atoms. The highest BCUT2D eigenvalue weighted by Crippen LogP contribution is 2.19. The molecule has 0 aromatic carbocycles. The van der Waals surface area contributed by atoms with E-state index in [4.69, 9.17) is 4.74 Å². The zero-order valence-electron chi connectivity index (χ0n) is 16.9. The van der Waals surface area contributed by atoms with Crippen LogP contribution in [0.2, 0.25) is 0 Å². The van der Waals surface area contributed by atoms with Gasteiger partial charge in [0.2, 0.25) is 0 Å². The Morgan fingerprint density at radius 1 is 1.03 bits per heavy atom. The molecule has 0 aliphatic carbocycles. The third-order valence-corrected chi connectivity index (χ3v) is 5.43. The van der Waals surface area contributed by atoms with Crippen LogP contribution in [0.1, 0.15) is 15.9 Å². The van der Waals surface area contributed by atoms with Gasteiger partial charge in [0.15, 0.2) is 0 Å². The van der Waals surface area contributed by atoms with E-state index in [1.54, 1.807) is 12.3 Å². The lowest BCUT2D eigenvalue weighted by atomic mass is 10.2. The van der Waals surface area contributed by atoms with E-state index in [9.17, 15) is 4.79 Å². The van der Waals surface area contributed by atoms with E-state index in [0.29, 0.717) is 25.3 Å². The van der Waals surface area contributed by atoms with Crippen LogP contribution in [0.15, 0.2) is 36.7 Å². The van der Waals surface area contributed by atoms with Gasteiger partial charge < -0.3 is 24.8 Å². The molecule has 0 atom stereocenters. The van der Waals surface area contributed by atoms with Gasteiger partial charge in [0.05, 0.1) is 18.8 Å². The number of rotatable bonds is 5. The molecule has 2 aliphatic rings. The number of morpholine rings is 1. The van der Waals surface area contributed by atoms with Crippen LogP contribution in [0, 0.1) is 0 Å². The maximum atomic E-state index is 12.8. The van der Waals surface area contributed by atoms with Gasteiger partial charge in [-0.2, -0.15) is 0 Å². The molecule has 2 fully saturated rings. The lowest BCUT2D eigenvalue weighted by Gasteiger charge is -2.33. The number of hydrogen-bond donors (Lipinski definition) is 1. The van der Waals surface area contributed by atoms with E-state index in [0.717, 1.165) is 56.5 Å². The van der Waals surface area contributed by atoms with Crippen molar-refractivity contribution in [2.75, 3.05) is 69.3 Å². The second-order valence-corrected chi connectivity index (χ2v) is 7.47. The minimum absolute atomic E-state index is 0.122. The molecule has 2 aliphatic heterocycles. The van der Waals surface area contributed by atoms with Crippen molar-refractivity contribution in [1.82, 2.24) is 20.2 Å². The van der Waals surface area contributed by atoms with E-state index in [1.807, 2.05) is 24.4 Å². The largest absolute Gasteiger partial charge is 0.378 e. The third kappa shape index (κ3) is 4.83. The highest BCUT2D eigenvalue weighted by atomic mass is 16.5.